The van der Waals surface area contributed by atoms with Gasteiger partial charge in [-0.05, 0) is 42.9 Å². The van der Waals surface area contributed by atoms with Crippen LogP contribution in [0.2, 0.25) is 0 Å². The number of nitrogens with zero attached hydrogens (tertiary/aromatic N) is 3. The largest absolute Gasteiger partial charge is 0.342 e. The van der Waals surface area contributed by atoms with Crippen LogP contribution in [-0.4, -0.2) is 47.8 Å². The molecule has 0 radical (unpaired) electrons. The molecule has 0 bridgehead atoms. The SMILES string of the molecule is C=CC(=O)N1CCCC(C(=O)N2CCC(=C(C#N)c3ccccc3)CC2)C1. The lowest BCUT2D eigenvalue weighted by Crippen LogP contribution is -2.47. The van der Waals surface area contributed by atoms with Crippen molar-refractivity contribution >= 4 is 17.4 Å². The van der Waals surface area contributed by atoms with Crippen molar-refractivity contribution in [3.63, 3.8) is 0 Å². The number of allylic oxidation sites excluding steroid dienone is 1. The minimum Gasteiger partial charge on any atom is -0.342 e. The standard InChI is InChI=1S/C22H25N3O2/c1-2-21(26)25-12-6-9-19(16-25)22(27)24-13-10-18(11-14-24)20(15-23)17-7-4-3-5-8-17/h2-5,7-8,19H,1,6,9-14,16H2. The molecule has 0 aromatic heterocycles. The zero-order valence-electron chi connectivity index (χ0n) is 15.6. The summed E-state index contributed by atoms with van der Waals surface area (Å²) >= 11 is 0. The Morgan fingerprint density at radius 2 is 1.81 bits per heavy atom. The molecule has 140 valence electrons. The van der Waals surface area contributed by atoms with Crippen LogP contribution in [0.1, 0.15) is 31.2 Å². The highest BCUT2D eigenvalue weighted by atomic mass is 16.2. The average Bonchev–Trinajstić information content (AvgIpc) is 2.74. The first-order chi connectivity index (χ1) is 13.1. The number of amides is 2. The van der Waals surface area contributed by atoms with E-state index in [1.807, 2.05) is 35.2 Å². The summed E-state index contributed by atoms with van der Waals surface area (Å²) < 4.78 is 0. The van der Waals surface area contributed by atoms with Gasteiger partial charge in [0.25, 0.3) is 0 Å². The Labute approximate surface area is 160 Å². The zero-order chi connectivity index (χ0) is 19.2. The van der Waals surface area contributed by atoms with Gasteiger partial charge in [0.1, 0.15) is 0 Å². The molecule has 2 saturated heterocycles. The van der Waals surface area contributed by atoms with Crippen LogP contribution in [0.25, 0.3) is 5.57 Å². The molecule has 0 N–H and O–H groups in total. The molecule has 2 fully saturated rings. The highest BCUT2D eigenvalue weighted by molar-refractivity contribution is 5.88. The Balaban J connectivity index is 1.64. The molecule has 0 aliphatic carbocycles. The second-order valence-corrected chi connectivity index (χ2v) is 7.11. The molecule has 0 spiro atoms. The molecule has 5 heteroatoms. The van der Waals surface area contributed by atoms with Crippen LogP contribution in [-0.2, 0) is 9.59 Å². The van der Waals surface area contributed by atoms with Crippen molar-refractivity contribution in [1.82, 2.24) is 9.80 Å². The van der Waals surface area contributed by atoms with E-state index in [1.165, 1.54) is 6.08 Å². The molecule has 2 aliphatic rings. The molecule has 1 unspecified atom stereocenters. The predicted octanol–water partition coefficient (Wildman–Crippen LogP) is 3.01. The van der Waals surface area contributed by atoms with E-state index in [0.717, 1.165) is 42.4 Å². The van der Waals surface area contributed by atoms with Crippen LogP contribution in [0.3, 0.4) is 0 Å². The summed E-state index contributed by atoms with van der Waals surface area (Å²) in [5.41, 5.74) is 2.81. The van der Waals surface area contributed by atoms with Crippen molar-refractivity contribution in [2.45, 2.75) is 25.7 Å². The van der Waals surface area contributed by atoms with Crippen molar-refractivity contribution in [3.8, 4) is 6.07 Å². The fourth-order valence-electron chi connectivity index (χ4n) is 3.97. The van der Waals surface area contributed by atoms with Crippen LogP contribution in [0, 0.1) is 17.2 Å². The molecule has 0 saturated carbocycles. The van der Waals surface area contributed by atoms with Crippen molar-refractivity contribution in [3.05, 3.63) is 54.1 Å². The topological polar surface area (TPSA) is 64.4 Å². The second kappa shape index (κ2) is 8.68. The van der Waals surface area contributed by atoms with Crippen molar-refractivity contribution in [2.24, 2.45) is 5.92 Å². The summed E-state index contributed by atoms with van der Waals surface area (Å²) in [6.07, 6.45) is 4.45. The Bertz CT molecular complexity index is 782. The third-order valence-corrected chi connectivity index (χ3v) is 5.46. The molecule has 2 amide bonds. The lowest BCUT2D eigenvalue weighted by atomic mass is 9.92. The number of carbonyl (C=O) groups excluding carboxylic acids is 2. The van der Waals surface area contributed by atoms with Gasteiger partial charge in [-0.25, -0.2) is 0 Å². The summed E-state index contributed by atoms with van der Waals surface area (Å²) in [6, 6.07) is 12.1. The number of rotatable bonds is 3. The first-order valence-corrected chi connectivity index (χ1v) is 9.51. The van der Waals surface area contributed by atoms with Crippen LogP contribution >= 0.6 is 0 Å². The van der Waals surface area contributed by atoms with Gasteiger partial charge in [-0.3, -0.25) is 9.59 Å². The lowest BCUT2D eigenvalue weighted by Gasteiger charge is -2.36. The number of benzene rings is 1. The van der Waals surface area contributed by atoms with Gasteiger partial charge >= 0.3 is 0 Å². The van der Waals surface area contributed by atoms with Crippen molar-refractivity contribution < 1.29 is 9.59 Å². The van der Waals surface area contributed by atoms with E-state index in [4.69, 9.17) is 0 Å². The number of carbonyl (C=O) groups is 2. The summed E-state index contributed by atoms with van der Waals surface area (Å²) in [7, 11) is 0. The van der Waals surface area contributed by atoms with Crippen LogP contribution in [0.15, 0.2) is 48.6 Å². The van der Waals surface area contributed by atoms with Gasteiger partial charge in [0.15, 0.2) is 0 Å². The Hall–Kier alpha value is -2.87. The van der Waals surface area contributed by atoms with Gasteiger partial charge in [0.2, 0.25) is 11.8 Å². The van der Waals surface area contributed by atoms with E-state index in [0.29, 0.717) is 26.2 Å². The van der Waals surface area contributed by atoms with E-state index >= 15 is 0 Å². The first-order valence-electron chi connectivity index (χ1n) is 9.51. The lowest BCUT2D eigenvalue weighted by molar-refractivity contribution is -0.139. The minimum atomic E-state index is -0.127. The Morgan fingerprint density at radius 3 is 2.44 bits per heavy atom. The molecular formula is C22H25N3O2. The first kappa shape index (κ1) is 18.9. The molecular weight excluding hydrogens is 338 g/mol. The van der Waals surface area contributed by atoms with E-state index < -0.39 is 0 Å². The fraction of sp³-hybridized carbons (Fsp3) is 0.409. The summed E-state index contributed by atoms with van der Waals surface area (Å²) in [5, 5.41) is 9.58. The number of piperidine rings is 2. The monoisotopic (exact) mass is 363 g/mol. The maximum Gasteiger partial charge on any atom is 0.245 e. The molecule has 1 aromatic rings. The van der Waals surface area contributed by atoms with Gasteiger partial charge in [0.05, 0.1) is 17.6 Å². The zero-order valence-corrected chi connectivity index (χ0v) is 15.6. The molecule has 2 aliphatic heterocycles. The highest BCUT2D eigenvalue weighted by Gasteiger charge is 2.32. The Morgan fingerprint density at radius 1 is 1.11 bits per heavy atom. The van der Waals surface area contributed by atoms with Gasteiger partial charge in [0, 0.05) is 26.2 Å². The number of nitriles is 1. The average molecular weight is 363 g/mol. The number of hydrogen-bond acceptors (Lipinski definition) is 3. The number of likely N-dealkylation sites (tertiary alicyclic amines) is 2. The summed E-state index contributed by atoms with van der Waals surface area (Å²) in [4.78, 5) is 28.4. The molecule has 3 rings (SSSR count). The second-order valence-electron chi connectivity index (χ2n) is 7.11. The molecule has 1 atom stereocenters. The normalized spacial score (nSPS) is 20.0. The quantitative estimate of drug-likeness (QED) is 0.612. The third-order valence-electron chi connectivity index (χ3n) is 5.46. The Kier molecular flexibility index (Phi) is 6.08. The van der Waals surface area contributed by atoms with Crippen LogP contribution < -0.4 is 0 Å². The maximum absolute atomic E-state index is 12.9. The highest BCUT2D eigenvalue weighted by Crippen LogP contribution is 2.28. The molecule has 27 heavy (non-hydrogen) atoms. The van der Waals surface area contributed by atoms with Gasteiger partial charge in [-0.2, -0.15) is 5.26 Å². The van der Waals surface area contributed by atoms with E-state index in [1.54, 1.807) is 4.90 Å². The molecule has 1 aromatic carbocycles. The summed E-state index contributed by atoms with van der Waals surface area (Å²) in [5.74, 6) is -0.0931. The molecule has 5 nitrogen and oxygen atoms in total. The van der Waals surface area contributed by atoms with E-state index in [2.05, 4.69) is 12.6 Å². The van der Waals surface area contributed by atoms with E-state index in [-0.39, 0.29) is 17.7 Å². The van der Waals surface area contributed by atoms with Gasteiger partial charge < -0.3 is 9.80 Å². The maximum atomic E-state index is 12.9. The van der Waals surface area contributed by atoms with E-state index in [9.17, 15) is 14.9 Å². The van der Waals surface area contributed by atoms with Crippen LogP contribution in [0.5, 0.6) is 0 Å². The van der Waals surface area contributed by atoms with Gasteiger partial charge in [-0.15, -0.1) is 0 Å². The predicted molar refractivity (Wildman–Crippen MR) is 104 cm³/mol. The molecule has 2 heterocycles. The fourth-order valence-corrected chi connectivity index (χ4v) is 3.97. The smallest absolute Gasteiger partial charge is 0.245 e. The van der Waals surface area contributed by atoms with Crippen molar-refractivity contribution in [2.75, 3.05) is 26.2 Å². The van der Waals surface area contributed by atoms with Crippen LogP contribution in [0.4, 0.5) is 0 Å². The summed E-state index contributed by atoms with van der Waals surface area (Å²) in [6.45, 7) is 5.99. The number of hydrogen-bond donors (Lipinski definition) is 0. The third kappa shape index (κ3) is 4.28. The minimum absolute atomic E-state index is 0.0992. The van der Waals surface area contributed by atoms with Crippen molar-refractivity contribution in [1.29, 1.82) is 5.26 Å². The van der Waals surface area contributed by atoms with Gasteiger partial charge in [-0.1, -0.05) is 36.9 Å².